The second kappa shape index (κ2) is 6.86. The van der Waals surface area contributed by atoms with Gasteiger partial charge < -0.3 is 10.1 Å². The van der Waals surface area contributed by atoms with Crippen LogP contribution in [0.15, 0.2) is 30.6 Å². The summed E-state index contributed by atoms with van der Waals surface area (Å²) in [7, 11) is 2.98. The molecule has 0 saturated heterocycles. The molecule has 0 atom stereocenters. The molecule has 9 heteroatoms. The van der Waals surface area contributed by atoms with Crippen molar-refractivity contribution in [3.05, 3.63) is 41.4 Å². The predicted octanol–water partition coefficient (Wildman–Crippen LogP) is 1.59. The number of aryl methyl sites for hydroxylation is 1. The number of pyridine rings is 2. The van der Waals surface area contributed by atoms with E-state index in [1.165, 1.54) is 7.11 Å². The van der Waals surface area contributed by atoms with Crippen LogP contribution in [0.3, 0.4) is 0 Å². The Hall–Kier alpha value is -3.00. The molecule has 0 bridgehead atoms. The van der Waals surface area contributed by atoms with Crippen molar-refractivity contribution in [3.63, 3.8) is 0 Å². The smallest absolute Gasteiger partial charge is 0.325 e. The standard InChI is InChI=1S/C16H14ClN5O3/c1-22-15-11(7-20-22)10(9-3-4-13(17)18-6-9)5-12(21-15)16(24)19-8-14(23)25-2/h3-7H,8H2,1-2H3,(H,19,24). The lowest BCUT2D eigenvalue weighted by Crippen LogP contribution is -2.30. The van der Waals surface area contributed by atoms with E-state index in [2.05, 4.69) is 25.1 Å². The molecule has 128 valence electrons. The third-order valence-electron chi connectivity index (χ3n) is 3.60. The molecule has 0 fully saturated rings. The maximum Gasteiger partial charge on any atom is 0.325 e. The highest BCUT2D eigenvalue weighted by Gasteiger charge is 2.16. The Labute approximate surface area is 147 Å². The summed E-state index contributed by atoms with van der Waals surface area (Å²) in [5.41, 5.74) is 2.21. The molecule has 0 aliphatic carbocycles. The van der Waals surface area contributed by atoms with E-state index in [0.29, 0.717) is 10.8 Å². The lowest BCUT2D eigenvalue weighted by atomic mass is 10.0. The van der Waals surface area contributed by atoms with Crippen molar-refractivity contribution < 1.29 is 14.3 Å². The lowest BCUT2D eigenvalue weighted by Gasteiger charge is -2.08. The van der Waals surface area contributed by atoms with Crippen molar-refractivity contribution in [2.75, 3.05) is 13.7 Å². The zero-order valence-corrected chi connectivity index (χ0v) is 14.2. The van der Waals surface area contributed by atoms with Gasteiger partial charge in [-0.3, -0.25) is 14.3 Å². The fourth-order valence-electron chi connectivity index (χ4n) is 2.32. The Morgan fingerprint density at radius 2 is 2.12 bits per heavy atom. The molecule has 25 heavy (non-hydrogen) atoms. The first kappa shape index (κ1) is 16.8. The van der Waals surface area contributed by atoms with E-state index in [4.69, 9.17) is 11.6 Å². The van der Waals surface area contributed by atoms with E-state index in [1.54, 1.807) is 42.3 Å². The number of halogens is 1. The Kier molecular flexibility index (Phi) is 4.62. The average molecular weight is 360 g/mol. The Morgan fingerprint density at radius 3 is 2.80 bits per heavy atom. The number of carbonyl (C=O) groups excluding carboxylic acids is 2. The molecule has 3 aromatic rings. The summed E-state index contributed by atoms with van der Waals surface area (Å²) < 4.78 is 6.08. The number of ether oxygens (including phenoxy) is 1. The number of rotatable bonds is 4. The van der Waals surface area contributed by atoms with Crippen molar-refractivity contribution in [2.24, 2.45) is 7.05 Å². The second-order valence-corrected chi connectivity index (χ2v) is 5.58. The van der Waals surface area contributed by atoms with Crippen LogP contribution < -0.4 is 5.32 Å². The zero-order valence-electron chi connectivity index (χ0n) is 13.5. The van der Waals surface area contributed by atoms with Crippen LogP contribution in [-0.2, 0) is 16.6 Å². The molecule has 8 nitrogen and oxygen atoms in total. The van der Waals surface area contributed by atoms with Gasteiger partial charge in [-0.25, -0.2) is 9.97 Å². The van der Waals surface area contributed by atoms with Gasteiger partial charge in [0, 0.05) is 24.2 Å². The van der Waals surface area contributed by atoms with Crippen LogP contribution in [0.25, 0.3) is 22.2 Å². The van der Waals surface area contributed by atoms with E-state index < -0.39 is 11.9 Å². The summed E-state index contributed by atoms with van der Waals surface area (Å²) in [5, 5.41) is 7.81. The minimum absolute atomic E-state index is 0.157. The van der Waals surface area contributed by atoms with Gasteiger partial charge in [-0.05, 0) is 23.8 Å². The molecule has 3 heterocycles. The largest absolute Gasteiger partial charge is 0.468 e. The quantitative estimate of drug-likeness (QED) is 0.561. The second-order valence-electron chi connectivity index (χ2n) is 5.19. The molecule has 0 aliphatic heterocycles. The number of hydrogen-bond donors (Lipinski definition) is 1. The van der Waals surface area contributed by atoms with Crippen LogP contribution in [0, 0.1) is 0 Å². The van der Waals surface area contributed by atoms with Gasteiger partial charge in [0.05, 0.1) is 13.3 Å². The van der Waals surface area contributed by atoms with Gasteiger partial charge in [-0.15, -0.1) is 0 Å². The SMILES string of the molecule is COC(=O)CNC(=O)c1cc(-c2ccc(Cl)nc2)c2cnn(C)c2n1. The van der Waals surface area contributed by atoms with Crippen LogP contribution in [0.5, 0.6) is 0 Å². The number of carbonyl (C=O) groups is 2. The number of hydrogen-bond acceptors (Lipinski definition) is 6. The minimum atomic E-state index is -0.544. The molecule has 3 rings (SSSR count). The van der Waals surface area contributed by atoms with Gasteiger partial charge in [0.1, 0.15) is 17.4 Å². The van der Waals surface area contributed by atoms with E-state index in [0.717, 1.165) is 16.5 Å². The Morgan fingerprint density at radius 1 is 1.32 bits per heavy atom. The van der Waals surface area contributed by atoms with Crippen molar-refractivity contribution in [3.8, 4) is 11.1 Å². The predicted molar refractivity (Wildman–Crippen MR) is 91.1 cm³/mol. The zero-order chi connectivity index (χ0) is 18.0. The third-order valence-corrected chi connectivity index (χ3v) is 3.82. The van der Waals surface area contributed by atoms with Gasteiger partial charge in [-0.2, -0.15) is 5.10 Å². The third kappa shape index (κ3) is 3.43. The topological polar surface area (TPSA) is 99.0 Å². The molecule has 0 unspecified atom stereocenters. The van der Waals surface area contributed by atoms with Gasteiger partial charge in [0.25, 0.3) is 5.91 Å². The van der Waals surface area contributed by atoms with Crippen molar-refractivity contribution in [1.29, 1.82) is 0 Å². The molecule has 3 aromatic heterocycles. The average Bonchev–Trinajstić information content (AvgIpc) is 3.00. The maximum atomic E-state index is 12.3. The highest BCUT2D eigenvalue weighted by Crippen LogP contribution is 2.28. The summed E-state index contributed by atoms with van der Waals surface area (Å²) in [6.07, 6.45) is 3.28. The van der Waals surface area contributed by atoms with E-state index >= 15 is 0 Å². The van der Waals surface area contributed by atoms with Gasteiger partial charge in [0.15, 0.2) is 5.65 Å². The number of amides is 1. The summed E-state index contributed by atoms with van der Waals surface area (Å²) in [6.45, 7) is -0.238. The first-order chi connectivity index (χ1) is 12.0. The highest BCUT2D eigenvalue weighted by atomic mass is 35.5. The van der Waals surface area contributed by atoms with Crippen LogP contribution in [0.1, 0.15) is 10.5 Å². The fraction of sp³-hybridized carbons (Fsp3) is 0.188. The van der Waals surface area contributed by atoms with Gasteiger partial charge in [0.2, 0.25) is 0 Å². The van der Waals surface area contributed by atoms with Gasteiger partial charge >= 0.3 is 5.97 Å². The maximum absolute atomic E-state index is 12.3. The first-order valence-electron chi connectivity index (χ1n) is 7.29. The molecule has 0 aliphatic rings. The number of esters is 1. The normalized spacial score (nSPS) is 10.7. The van der Waals surface area contributed by atoms with Crippen LogP contribution in [0.2, 0.25) is 5.15 Å². The molecule has 0 saturated carbocycles. The van der Waals surface area contributed by atoms with Crippen molar-refractivity contribution in [2.45, 2.75) is 0 Å². The van der Waals surface area contributed by atoms with Gasteiger partial charge in [-0.1, -0.05) is 11.6 Å². The number of methoxy groups -OCH3 is 1. The summed E-state index contributed by atoms with van der Waals surface area (Å²) in [6, 6.07) is 5.09. The molecule has 1 amide bonds. The van der Waals surface area contributed by atoms with E-state index in [9.17, 15) is 9.59 Å². The molecule has 0 radical (unpaired) electrons. The van der Waals surface area contributed by atoms with Crippen LogP contribution >= 0.6 is 11.6 Å². The van der Waals surface area contributed by atoms with E-state index in [1.807, 2.05) is 0 Å². The number of nitrogens with zero attached hydrogens (tertiary/aromatic N) is 4. The molecular weight excluding hydrogens is 346 g/mol. The lowest BCUT2D eigenvalue weighted by molar-refractivity contribution is -0.139. The molecular formula is C16H14ClN5O3. The van der Waals surface area contributed by atoms with Crippen molar-refractivity contribution in [1.82, 2.24) is 25.1 Å². The Bertz CT molecular complexity index is 952. The first-order valence-corrected chi connectivity index (χ1v) is 7.67. The minimum Gasteiger partial charge on any atom is -0.468 e. The summed E-state index contributed by atoms with van der Waals surface area (Å²) in [5.74, 6) is -1.03. The summed E-state index contributed by atoms with van der Waals surface area (Å²) >= 11 is 5.84. The van der Waals surface area contributed by atoms with Crippen LogP contribution in [0.4, 0.5) is 0 Å². The highest BCUT2D eigenvalue weighted by molar-refractivity contribution is 6.29. The number of aromatic nitrogens is 4. The number of fused-ring (bicyclic) bond motifs is 1. The monoisotopic (exact) mass is 359 g/mol. The number of nitrogens with one attached hydrogen (secondary N) is 1. The molecule has 1 N–H and O–H groups in total. The fourth-order valence-corrected chi connectivity index (χ4v) is 2.43. The van der Waals surface area contributed by atoms with E-state index in [-0.39, 0.29) is 12.2 Å². The summed E-state index contributed by atoms with van der Waals surface area (Å²) in [4.78, 5) is 31.9. The van der Waals surface area contributed by atoms with Crippen LogP contribution in [-0.4, -0.2) is 45.3 Å². The van der Waals surface area contributed by atoms with Crippen molar-refractivity contribution >= 4 is 34.5 Å². The molecule has 0 aromatic carbocycles. The Balaban J connectivity index is 2.05. The molecule has 0 spiro atoms.